The van der Waals surface area contributed by atoms with E-state index in [4.69, 9.17) is 32.9 Å². The zero-order valence-electron chi connectivity index (χ0n) is 14.1. The molecule has 2 aromatic carbocycles. The highest BCUT2D eigenvalue weighted by Crippen LogP contribution is 2.26. The van der Waals surface area contributed by atoms with Crippen LogP contribution in [-0.2, 0) is 13.2 Å². The van der Waals surface area contributed by atoms with Crippen molar-refractivity contribution < 1.29 is 4.74 Å². The molecule has 0 atom stereocenters. The Hall–Kier alpha value is -2.08. The Bertz CT molecular complexity index is 1100. The van der Waals surface area contributed by atoms with E-state index >= 15 is 0 Å². The van der Waals surface area contributed by atoms with Gasteiger partial charge in [-0.05, 0) is 54.1 Å². The molecule has 136 valence electrons. The Kier molecular flexibility index (Phi) is 5.34. The number of rotatable bonds is 5. The van der Waals surface area contributed by atoms with E-state index in [1.165, 1.54) is 0 Å². The summed E-state index contributed by atoms with van der Waals surface area (Å²) in [5.41, 5.74) is 2.80. The van der Waals surface area contributed by atoms with Crippen molar-refractivity contribution in [3.8, 4) is 5.75 Å². The standard InChI is InChI=1S/C20H14BrCl2N3O/c21-14-3-6-18-19(9-14)26(11-13-8-15(22)4-5-17(13)23)20(25-18)12-27-16-2-1-7-24-10-16/h1-10H,11-12H2. The molecular weight excluding hydrogens is 449 g/mol. The van der Waals surface area contributed by atoms with E-state index in [-0.39, 0.29) is 0 Å². The van der Waals surface area contributed by atoms with E-state index < -0.39 is 0 Å². The lowest BCUT2D eigenvalue weighted by Crippen LogP contribution is -2.09. The zero-order valence-corrected chi connectivity index (χ0v) is 17.2. The Morgan fingerprint density at radius 2 is 1.96 bits per heavy atom. The van der Waals surface area contributed by atoms with Gasteiger partial charge in [0.25, 0.3) is 0 Å². The SMILES string of the molecule is Clc1ccc(Cl)c(Cn2c(COc3cccnc3)nc3ccc(Br)cc32)c1. The molecule has 2 aromatic heterocycles. The lowest BCUT2D eigenvalue weighted by Gasteiger charge is -2.12. The molecule has 0 aliphatic carbocycles. The van der Waals surface area contributed by atoms with Crippen LogP contribution < -0.4 is 4.74 Å². The summed E-state index contributed by atoms with van der Waals surface area (Å²) in [6.45, 7) is 0.855. The van der Waals surface area contributed by atoms with E-state index in [1.807, 2.05) is 36.4 Å². The number of hydrogen-bond donors (Lipinski definition) is 0. The van der Waals surface area contributed by atoms with Crippen LogP contribution in [0.1, 0.15) is 11.4 Å². The molecule has 4 rings (SSSR count). The number of fused-ring (bicyclic) bond motifs is 1. The van der Waals surface area contributed by atoms with E-state index in [2.05, 4.69) is 25.5 Å². The maximum absolute atomic E-state index is 6.38. The summed E-state index contributed by atoms with van der Waals surface area (Å²) in [5, 5.41) is 1.31. The van der Waals surface area contributed by atoms with Crippen LogP contribution in [0, 0.1) is 0 Å². The number of hydrogen-bond acceptors (Lipinski definition) is 3. The second kappa shape index (κ2) is 7.89. The van der Waals surface area contributed by atoms with Gasteiger partial charge in [-0.2, -0.15) is 0 Å². The topological polar surface area (TPSA) is 39.9 Å². The molecule has 0 aliphatic rings. The van der Waals surface area contributed by atoms with Crippen molar-refractivity contribution in [2.75, 3.05) is 0 Å². The molecule has 0 aliphatic heterocycles. The van der Waals surface area contributed by atoms with Crippen LogP contribution in [0.5, 0.6) is 5.75 Å². The van der Waals surface area contributed by atoms with Crippen LogP contribution in [0.25, 0.3) is 11.0 Å². The van der Waals surface area contributed by atoms with E-state index in [1.54, 1.807) is 24.5 Å². The van der Waals surface area contributed by atoms with Crippen molar-refractivity contribution in [1.29, 1.82) is 0 Å². The Morgan fingerprint density at radius 3 is 2.78 bits per heavy atom. The Morgan fingerprint density at radius 1 is 1.07 bits per heavy atom. The predicted octanol–water partition coefficient (Wildman–Crippen LogP) is 6.13. The smallest absolute Gasteiger partial charge is 0.148 e. The minimum atomic E-state index is 0.316. The fourth-order valence-corrected chi connectivity index (χ4v) is 3.57. The molecule has 0 saturated carbocycles. The van der Waals surface area contributed by atoms with Gasteiger partial charge >= 0.3 is 0 Å². The average molecular weight is 463 g/mol. The number of ether oxygens (including phenoxy) is 1. The minimum absolute atomic E-state index is 0.316. The van der Waals surface area contributed by atoms with Gasteiger partial charge in [-0.3, -0.25) is 4.98 Å². The van der Waals surface area contributed by atoms with Crippen molar-refractivity contribution >= 4 is 50.2 Å². The maximum atomic E-state index is 6.38. The third kappa shape index (κ3) is 4.10. The second-order valence-electron chi connectivity index (χ2n) is 5.96. The van der Waals surface area contributed by atoms with Crippen LogP contribution >= 0.6 is 39.1 Å². The molecule has 4 aromatic rings. The third-order valence-corrected chi connectivity index (χ3v) is 5.22. The third-order valence-electron chi connectivity index (χ3n) is 4.13. The first-order valence-corrected chi connectivity index (χ1v) is 9.76. The van der Waals surface area contributed by atoms with Crippen LogP contribution in [0.3, 0.4) is 0 Å². The maximum Gasteiger partial charge on any atom is 0.148 e. The van der Waals surface area contributed by atoms with E-state index in [0.717, 1.165) is 26.9 Å². The molecular formula is C20H14BrCl2N3O. The van der Waals surface area contributed by atoms with Crippen LogP contribution in [-0.4, -0.2) is 14.5 Å². The molecule has 0 amide bonds. The van der Waals surface area contributed by atoms with Crippen LogP contribution in [0.4, 0.5) is 0 Å². The summed E-state index contributed by atoms with van der Waals surface area (Å²) in [4.78, 5) is 8.81. The summed E-state index contributed by atoms with van der Waals surface area (Å²) in [5.74, 6) is 1.49. The summed E-state index contributed by atoms with van der Waals surface area (Å²) < 4.78 is 8.94. The molecule has 2 heterocycles. The van der Waals surface area contributed by atoms with Gasteiger partial charge in [0.2, 0.25) is 0 Å². The normalized spacial score (nSPS) is 11.1. The number of pyridine rings is 1. The van der Waals surface area contributed by atoms with Gasteiger partial charge in [0, 0.05) is 20.7 Å². The zero-order chi connectivity index (χ0) is 18.8. The summed E-state index contributed by atoms with van der Waals surface area (Å²) >= 11 is 16.1. The molecule has 0 saturated heterocycles. The lowest BCUT2D eigenvalue weighted by molar-refractivity contribution is 0.290. The van der Waals surface area contributed by atoms with Crippen molar-refractivity contribution in [3.63, 3.8) is 0 Å². The first-order chi connectivity index (χ1) is 13.1. The Balaban J connectivity index is 1.74. The highest BCUT2D eigenvalue weighted by atomic mass is 79.9. The molecule has 0 unspecified atom stereocenters. The highest BCUT2D eigenvalue weighted by molar-refractivity contribution is 9.10. The molecule has 0 N–H and O–H groups in total. The van der Waals surface area contributed by atoms with Gasteiger partial charge in [-0.1, -0.05) is 39.1 Å². The quantitative estimate of drug-likeness (QED) is 0.358. The van der Waals surface area contributed by atoms with E-state index in [9.17, 15) is 0 Å². The molecule has 0 fully saturated rings. The predicted molar refractivity (Wildman–Crippen MR) is 112 cm³/mol. The number of halogens is 3. The van der Waals surface area contributed by atoms with E-state index in [0.29, 0.717) is 28.9 Å². The first kappa shape index (κ1) is 18.3. The largest absolute Gasteiger partial charge is 0.484 e. The lowest BCUT2D eigenvalue weighted by atomic mass is 10.2. The van der Waals surface area contributed by atoms with Gasteiger partial charge in [0.15, 0.2) is 0 Å². The van der Waals surface area contributed by atoms with Crippen molar-refractivity contribution in [3.05, 3.63) is 86.8 Å². The van der Waals surface area contributed by atoms with Gasteiger partial charge < -0.3 is 9.30 Å². The first-order valence-electron chi connectivity index (χ1n) is 8.21. The second-order valence-corrected chi connectivity index (χ2v) is 7.72. The van der Waals surface area contributed by atoms with Crippen molar-refractivity contribution in [2.24, 2.45) is 0 Å². The molecule has 4 nitrogen and oxygen atoms in total. The highest BCUT2D eigenvalue weighted by Gasteiger charge is 2.14. The molecule has 0 bridgehead atoms. The fourth-order valence-electron chi connectivity index (χ4n) is 2.85. The van der Waals surface area contributed by atoms with Gasteiger partial charge in [-0.15, -0.1) is 0 Å². The summed E-state index contributed by atoms with van der Waals surface area (Å²) in [7, 11) is 0. The van der Waals surface area contributed by atoms with Gasteiger partial charge in [0.1, 0.15) is 18.2 Å². The van der Waals surface area contributed by atoms with Crippen LogP contribution in [0.2, 0.25) is 10.0 Å². The summed E-state index contributed by atoms with van der Waals surface area (Å²) in [6, 6.07) is 15.1. The average Bonchev–Trinajstić information content (AvgIpc) is 3.01. The monoisotopic (exact) mass is 461 g/mol. The minimum Gasteiger partial charge on any atom is -0.484 e. The summed E-state index contributed by atoms with van der Waals surface area (Å²) in [6.07, 6.45) is 3.39. The molecule has 0 spiro atoms. The van der Waals surface area contributed by atoms with Crippen molar-refractivity contribution in [2.45, 2.75) is 13.2 Å². The molecule has 7 heteroatoms. The fraction of sp³-hybridized carbons (Fsp3) is 0.100. The molecule has 0 radical (unpaired) electrons. The molecule has 27 heavy (non-hydrogen) atoms. The Labute approximate surface area is 174 Å². The number of imidazole rings is 1. The number of nitrogens with zero attached hydrogens (tertiary/aromatic N) is 3. The van der Waals surface area contributed by atoms with Gasteiger partial charge in [-0.25, -0.2) is 4.98 Å². The van der Waals surface area contributed by atoms with Gasteiger partial charge in [0.05, 0.1) is 23.8 Å². The van der Waals surface area contributed by atoms with Crippen LogP contribution in [0.15, 0.2) is 65.4 Å². The number of benzene rings is 2. The number of aromatic nitrogens is 3. The van der Waals surface area contributed by atoms with Crippen molar-refractivity contribution in [1.82, 2.24) is 14.5 Å².